The molecule has 0 saturated carbocycles. The Bertz CT molecular complexity index is 707. The van der Waals surface area contributed by atoms with E-state index in [1.165, 1.54) is 16.0 Å². The van der Waals surface area contributed by atoms with Gasteiger partial charge in [0.15, 0.2) is 0 Å². The van der Waals surface area contributed by atoms with Gasteiger partial charge in [-0.1, -0.05) is 12.1 Å². The molecule has 0 unspecified atom stereocenters. The summed E-state index contributed by atoms with van der Waals surface area (Å²) >= 11 is 1.81. The van der Waals surface area contributed by atoms with E-state index in [1.807, 2.05) is 16.2 Å². The molecule has 0 saturated heterocycles. The maximum Gasteiger partial charge on any atom is 0.222 e. The van der Waals surface area contributed by atoms with Gasteiger partial charge in [-0.25, -0.2) is 0 Å². The SMILES string of the molecule is Cc1ccc(C)c(OCCCCC(=O)N2CCc3sccc3C2)c1. The first-order valence-electron chi connectivity index (χ1n) is 8.66. The van der Waals surface area contributed by atoms with Crippen molar-refractivity contribution in [3.8, 4) is 5.75 Å². The number of rotatable bonds is 6. The molecule has 2 aromatic rings. The van der Waals surface area contributed by atoms with Crippen LogP contribution in [0.5, 0.6) is 5.75 Å². The van der Waals surface area contributed by atoms with Crippen LogP contribution >= 0.6 is 11.3 Å². The van der Waals surface area contributed by atoms with Crippen LogP contribution in [-0.2, 0) is 17.8 Å². The van der Waals surface area contributed by atoms with Gasteiger partial charge < -0.3 is 9.64 Å². The first-order chi connectivity index (χ1) is 11.6. The standard InChI is InChI=1S/C20H25NO2S/c1-15-6-7-16(2)18(13-15)23-11-4-3-5-20(22)21-10-8-19-17(14-21)9-12-24-19/h6-7,9,12-13H,3-5,8,10-11,14H2,1-2H3. The molecule has 3 rings (SSSR count). The quantitative estimate of drug-likeness (QED) is 0.723. The summed E-state index contributed by atoms with van der Waals surface area (Å²) in [6, 6.07) is 8.41. The molecule has 0 fully saturated rings. The van der Waals surface area contributed by atoms with Gasteiger partial charge in [0.25, 0.3) is 0 Å². The van der Waals surface area contributed by atoms with Gasteiger partial charge in [-0.05, 0) is 67.3 Å². The Labute approximate surface area is 148 Å². The molecule has 0 bridgehead atoms. The Balaban J connectivity index is 1.38. The average Bonchev–Trinajstić information content (AvgIpc) is 3.05. The molecule has 4 heteroatoms. The molecule has 1 aromatic heterocycles. The number of fused-ring (bicyclic) bond motifs is 1. The van der Waals surface area contributed by atoms with Gasteiger partial charge in [0, 0.05) is 24.4 Å². The lowest BCUT2D eigenvalue weighted by atomic mass is 10.1. The monoisotopic (exact) mass is 343 g/mol. The van der Waals surface area contributed by atoms with E-state index in [-0.39, 0.29) is 5.91 Å². The van der Waals surface area contributed by atoms with E-state index in [2.05, 4.69) is 43.5 Å². The molecule has 2 heterocycles. The smallest absolute Gasteiger partial charge is 0.222 e. The third-order valence-electron chi connectivity index (χ3n) is 4.55. The summed E-state index contributed by atoms with van der Waals surface area (Å²) in [5.74, 6) is 1.24. The fourth-order valence-corrected chi connectivity index (χ4v) is 3.93. The number of hydrogen-bond donors (Lipinski definition) is 0. The molecule has 1 aromatic carbocycles. The third kappa shape index (κ3) is 4.18. The summed E-state index contributed by atoms with van der Waals surface area (Å²) in [4.78, 5) is 15.8. The van der Waals surface area contributed by atoms with Crippen LogP contribution in [0, 0.1) is 13.8 Å². The first-order valence-corrected chi connectivity index (χ1v) is 9.54. The maximum absolute atomic E-state index is 12.4. The number of carbonyl (C=O) groups is 1. The van der Waals surface area contributed by atoms with Crippen LogP contribution in [0.2, 0.25) is 0 Å². The van der Waals surface area contributed by atoms with Crippen molar-refractivity contribution in [2.24, 2.45) is 0 Å². The number of nitrogens with zero attached hydrogens (tertiary/aromatic N) is 1. The number of aryl methyl sites for hydroxylation is 2. The van der Waals surface area contributed by atoms with E-state index >= 15 is 0 Å². The van der Waals surface area contributed by atoms with Crippen molar-refractivity contribution in [2.75, 3.05) is 13.2 Å². The highest BCUT2D eigenvalue weighted by molar-refractivity contribution is 7.10. The van der Waals surface area contributed by atoms with Crippen LogP contribution in [0.15, 0.2) is 29.6 Å². The van der Waals surface area contributed by atoms with Gasteiger partial charge in [0.2, 0.25) is 5.91 Å². The summed E-state index contributed by atoms with van der Waals surface area (Å²) in [7, 11) is 0. The molecule has 3 nitrogen and oxygen atoms in total. The van der Waals surface area contributed by atoms with Gasteiger partial charge in [0.1, 0.15) is 5.75 Å². The summed E-state index contributed by atoms with van der Waals surface area (Å²) in [6.45, 7) is 6.46. The first kappa shape index (κ1) is 17.0. The van der Waals surface area contributed by atoms with Crippen LogP contribution in [0.25, 0.3) is 0 Å². The molecule has 24 heavy (non-hydrogen) atoms. The minimum absolute atomic E-state index is 0.276. The van der Waals surface area contributed by atoms with Crippen molar-refractivity contribution in [3.63, 3.8) is 0 Å². The zero-order valence-electron chi connectivity index (χ0n) is 14.5. The number of carbonyl (C=O) groups excluding carboxylic acids is 1. The molecular formula is C20H25NO2S. The van der Waals surface area contributed by atoms with Gasteiger partial charge in [0.05, 0.1) is 6.61 Å². The van der Waals surface area contributed by atoms with E-state index < -0.39 is 0 Å². The molecule has 0 atom stereocenters. The fourth-order valence-electron chi connectivity index (χ4n) is 3.04. The normalized spacial score (nSPS) is 13.7. The summed E-state index contributed by atoms with van der Waals surface area (Å²) < 4.78 is 5.86. The average molecular weight is 343 g/mol. The maximum atomic E-state index is 12.4. The van der Waals surface area contributed by atoms with Crippen molar-refractivity contribution >= 4 is 17.2 Å². The van der Waals surface area contributed by atoms with E-state index in [0.29, 0.717) is 13.0 Å². The molecule has 128 valence electrons. The highest BCUT2D eigenvalue weighted by Gasteiger charge is 2.20. The summed E-state index contributed by atoms with van der Waals surface area (Å²) in [6.07, 6.45) is 3.43. The minimum atomic E-state index is 0.276. The zero-order valence-corrected chi connectivity index (χ0v) is 15.3. The molecule has 1 aliphatic rings. The fraction of sp³-hybridized carbons (Fsp3) is 0.450. The van der Waals surface area contributed by atoms with Crippen molar-refractivity contribution in [3.05, 3.63) is 51.2 Å². The largest absolute Gasteiger partial charge is 0.493 e. The van der Waals surface area contributed by atoms with Crippen LogP contribution in [0.1, 0.15) is 40.8 Å². The van der Waals surface area contributed by atoms with Crippen LogP contribution in [0.3, 0.4) is 0 Å². The van der Waals surface area contributed by atoms with Crippen LogP contribution < -0.4 is 4.74 Å². The molecule has 1 aliphatic heterocycles. The van der Waals surface area contributed by atoms with E-state index in [1.54, 1.807) is 0 Å². The molecule has 0 radical (unpaired) electrons. The van der Waals surface area contributed by atoms with Gasteiger partial charge in [-0.15, -0.1) is 11.3 Å². The number of hydrogen-bond acceptors (Lipinski definition) is 3. The molecule has 0 spiro atoms. The molecular weight excluding hydrogens is 318 g/mol. The van der Waals surface area contributed by atoms with E-state index in [9.17, 15) is 4.79 Å². The summed E-state index contributed by atoms with van der Waals surface area (Å²) in [5, 5.41) is 2.13. The number of amides is 1. The zero-order chi connectivity index (χ0) is 16.9. The third-order valence-corrected chi connectivity index (χ3v) is 5.57. The van der Waals surface area contributed by atoms with Gasteiger partial charge in [-0.2, -0.15) is 0 Å². The molecule has 1 amide bonds. The second-order valence-electron chi connectivity index (χ2n) is 6.51. The molecule has 0 aliphatic carbocycles. The van der Waals surface area contributed by atoms with Crippen molar-refractivity contribution in [2.45, 2.75) is 46.1 Å². The number of ether oxygens (including phenoxy) is 1. The van der Waals surface area contributed by atoms with Gasteiger partial charge >= 0.3 is 0 Å². The lowest BCUT2D eigenvalue weighted by molar-refractivity contribution is -0.132. The number of benzene rings is 1. The Hall–Kier alpha value is -1.81. The van der Waals surface area contributed by atoms with Gasteiger partial charge in [-0.3, -0.25) is 4.79 Å². The molecule has 0 N–H and O–H groups in total. The van der Waals surface area contributed by atoms with Crippen molar-refractivity contribution in [1.82, 2.24) is 4.90 Å². The van der Waals surface area contributed by atoms with Crippen molar-refractivity contribution < 1.29 is 9.53 Å². The predicted octanol–water partition coefficient (Wildman–Crippen LogP) is 4.50. The predicted molar refractivity (Wildman–Crippen MR) is 98.7 cm³/mol. The Morgan fingerprint density at radius 3 is 3.00 bits per heavy atom. The van der Waals surface area contributed by atoms with E-state index in [0.717, 1.165) is 43.7 Å². The topological polar surface area (TPSA) is 29.5 Å². The lowest BCUT2D eigenvalue weighted by Crippen LogP contribution is -2.35. The van der Waals surface area contributed by atoms with Crippen LogP contribution in [-0.4, -0.2) is 24.0 Å². The highest BCUT2D eigenvalue weighted by Crippen LogP contribution is 2.24. The Morgan fingerprint density at radius 2 is 2.12 bits per heavy atom. The second-order valence-corrected chi connectivity index (χ2v) is 7.51. The van der Waals surface area contributed by atoms with E-state index in [4.69, 9.17) is 4.74 Å². The minimum Gasteiger partial charge on any atom is -0.493 e. The number of thiophene rings is 1. The lowest BCUT2D eigenvalue weighted by Gasteiger charge is -2.27. The number of unbranched alkanes of at least 4 members (excludes halogenated alkanes) is 1. The second kappa shape index (κ2) is 7.84. The van der Waals surface area contributed by atoms with Crippen LogP contribution in [0.4, 0.5) is 0 Å². The van der Waals surface area contributed by atoms with Crippen molar-refractivity contribution in [1.29, 1.82) is 0 Å². The Morgan fingerprint density at radius 1 is 1.25 bits per heavy atom. The highest BCUT2D eigenvalue weighted by atomic mass is 32.1. The Kier molecular flexibility index (Phi) is 5.56. The summed E-state index contributed by atoms with van der Waals surface area (Å²) in [5.41, 5.74) is 3.71.